The molecule has 1 aromatic carbocycles. The minimum atomic E-state index is -1.78. The van der Waals surface area contributed by atoms with Crippen LogP contribution in [-0.4, -0.2) is 72.3 Å². The molecule has 1 heterocycles. The number of ether oxygens (including phenoxy) is 7. The molecular formula is C21H23NO14. The fourth-order valence-electron chi connectivity index (χ4n) is 3.13. The van der Waals surface area contributed by atoms with E-state index in [1.807, 2.05) is 0 Å². The second kappa shape index (κ2) is 12.4. The number of non-ortho nitro benzene ring substituents is 1. The highest BCUT2D eigenvalue weighted by Crippen LogP contribution is 2.30. The van der Waals surface area contributed by atoms with E-state index in [0.29, 0.717) is 0 Å². The monoisotopic (exact) mass is 513 g/mol. The zero-order valence-corrected chi connectivity index (χ0v) is 19.6. The third-order valence-corrected chi connectivity index (χ3v) is 4.41. The standard InChI is InChI=1S/C21H23NO14/c1-10(23)30-9-16-17(31-11(2)24)18(32-12(3)25)19(33-13(4)26)20(35-16)36-21(27)34-15-7-5-14(6-8-15)22(28)29/h5-8,16-20H,9H2,1-4H3/t16-,17+,18+,19-,20-/m1/s1. The summed E-state index contributed by atoms with van der Waals surface area (Å²) in [5.41, 5.74) is -0.254. The molecule has 1 fully saturated rings. The second-order valence-electron chi connectivity index (χ2n) is 7.29. The fraction of sp³-hybridized carbons (Fsp3) is 0.476. The Kier molecular flexibility index (Phi) is 9.66. The quantitative estimate of drug-likeness (QED) is 0.158. The fourth-order valence-corrected chi connectivity index (χ4v) is 3.13. The van der Waals surface area contributed by atoms with E-state index >= 15 is 0 Å². The van der Waals surface area contributed by atoms with Gasteiger partial charge in [0, 0.05) is 39.8 Å². The first-order valence-electron chi connectivity index (χ1n) is 10.3. The van der Waals surface area contributed by atoms with Crippen LogP contribution >= 0.6 is 0 Å². The molecule has 0 N–H and O–H groups in total. The zero-order valence-electron chi connectivity index (χ0n) is 19.6. The highest BCUT2D eigenvalue weighted by molar-refractivity contribution is 5.69. The largest absolute Gasteiger partial charge is 0.516 e. The zero-order chi connectivity index (χ0) is 27.0. The molecule has 0 unspecified atom stereocenters. The smallest absolute Gasteiger partial charge is 0.463 e. The van der Waals surface area contributed by atoms with Crippen LogP contribution in [0.25, 0.3) is 0 Å². The van der Waals surface area contributed by atoms with Gasteiger partial charge in [0.25, 0.3) is 5.69 Å². The molecule has 36 heavy (non-hydrogen) atoms. The van der Waals surface area contributed by atoms with E-state index in [1.165, 1.54) is 0 Å². The Balaban J connectivity index is 2.33. The lowest BCUT2D eigenvalue weighted by Crippen LogP contribution is -2.63. The summed E-state index contributed by atoms with van der Waals surface area (Å²) in [7, 11) is 0. The van der Waals surface area contributed by atoms with E-state index in [0.717, 1.165) is 52.0 Å². The first kappa shape index (κ1) is 28.0. The molecule has 1 aliphatic rings. The van der Waals surface area contributed by atoms with Crippen molar-refractivity contribution in [1.82, 2.24) is 0 Å². The van der Waals surface area contributed by atoms with E-state index in [2.05, 4.69) is 0 Å². The van der Waals surface area contributed by atoms with E-state index < -0.39 is 72.3 Å². The number of nitro groups is 1. The van der Waals surface area contributed by atoms with Gasteiger partial charge in [0.1, 0.15) is 18.5 Å². The number of carbonyl (C=O) groups excluding carboxylic acids is 5. The molecule has 15 heteroatoms. The van der Waals surface area contributed by atoms with Gasteiger partial charge >= 0.3 is 30.0 Å². The lowest BCUT2D eigenvalue weighted by Gasteiger charge is -2.43. The van der Waals surface area contributed by atoms with Crippen LogP contribution in [0.2, 0.25) is 0 Å². The minimum absolute atomic E-state index is 0.128. The van der Waals surface area contributed by atoms with Crippen molar-refractivity contribution in [3.8, 4) is 5.75 Å². The summed E-state index contributed by atoms with van der Waals surface area (Å²) in [4.78, 5) is 69.1. The molecule has 0 bridgehead atoms. The van der Waals surface area contributed by atoms with E-state index in [9.17, 15) is 34.1 Å². The molecule has 0 amide bonds. The van der Waals surface area contributed by atoms with Gasteiger partial charge in [-0.15, -0.1) is 0 Å². The molecule has 196 valence electrons. The Morgan fingerprint density at radius 2 is 1.33 bits per heavy atom. The molecule has 0 aliphatic carbocycles. The van der Waals surface area contributed by atoms with Crippen LogP contribution in [0, 0.1) is 10.1 Å². The second-order valence-corrected chi connectivity index (χ2v) is 7.29. The van der Waals surface area contributed by atoms with Crippen molar-refractivity contribution in [3.05, 3.63) is 34.4 Å². The minimum Gasteiger partial charge on any atom is -0.463 e. The van der Waals surface area contributed by atoms with Crippen molar-refractivity contribution < 1.29 is 62.1 Å². The predicted octanol–water partition coefficient (Wildman–Crippen LogP) is 1.19. The SMILES string of the molecule is CC(=O)OC[C@H]1O[C@H](OC(=O)Oc2ccc([N+](=O)[O-])cc2)[C@H](OC(C)=O)[C@@H](OC(C)=O)[C@H]1OC(C)=O. The Hall–Kier alpha value is -4.27. The summed E-state index contributed by atoms with van der Waals surface area (Å²) in [6.07, 6.45) is -9.09. The average Bonchev–Trinajstić information content (AvgIpc) is 2.76. The molecule has 0 radical (unpaired) electrons. The summed E-state index contributed by atoms with van der Waals surface area (Å²) in [6, 6.07) is 4.42. The van der Waals surface area contributed by atoms with E-state index in [-0.39, 0.29) is 11.4 Å². The van der Waals surface area contributed by atoms with E-state index in [1.54, 1.807) is 0 Å². The van der Waals surface area contributed by atoms with Crippen LogP contribution in [0.5, 0.6) is 5.75 Å². The summed E-state index contributed by atoms with van der Waals surface area (Å²) in [5, 5.41) is 10.8. The van der Waals surface area contributed by atoms with E-state index in [4.69, 9.17) is 33.2 Å². The Morgan fingerprint density at radius 1 is 0.806 bits per heavy atom. The van der Waals surface area contributed by atoms with Crippen LogP contribution in [0.1, 0.15) is 27.7 Å². The topological polar surface area (TPSA) is 193 Å². The highest BCUT2D eigenvalue weighted by atomic mass is 16.8. The maximum atomic E-state index is 12.4. The lowest BCUT2D eigenvalue weighted by atomic mass is 9.98. The van der Waals surface area contributed by atoms with Crippen LogP contribution in [-0.2, 0) is 47.6 Å². The van der Waals surface area contributed by atoms with Crippen molar-refractivity contribution >= 4 is 35.7 Å². The van der Waals surface area contributed by atoms with Gasteiger partial charge in [-0.25, -0.2) is 4.79 Å². The molecule has 5 atom stereocenters. The Morgan fingerprint density at radius 3 is 1.83 bits per heavy atom. The highest BCUT2D eigenvalue weighted by Gasteiger charge is 2.54. The molecule has 0 saturated carbocycles. The number of benzene rings is 1. The molecule has 0 aromatic heterocycles. The summed E-state index contributed by atoms with van der Waals surface area (Å²) >= 11 is 0. The number of carbonyl (C=O) groups is 5. The third-order valence-electron chi connectivity index (χ3n) is 4.41. The first-order valence-corrected chi connectivity index (χ1v) is 10.3. The number of hydrogen-bond acceptors (Lipinski definition) is 14. The maximum absolute atomic E-state index is 12.4. The van der Waals surface area contributed by atoms with Crippen molar-refractivity contribution in [3.63, 3.8) is 0 Å². The van der Waals surface area contributed by atoms with Gasteiger partial charge in [-0.1, -0.05) is 0 Å². The predicted molar refractivity (Wildman–Crippen MR) is 112 cm³/mol. The normalized spacial score (nSPS) is 22.9. The van der Waals surface area contributed by atoms with Crippen molar-refractivity contribution in [2.24, 2.45) is 0 Å². The summed E-state index contributed by atoms with van der Waals surface area (Å²) in [5.74, 6) is -3.43. The molecule has 2 rings (SSSR count). The van der Waals surface area contributed by atoms with Gasteiger partial charge in [-0.3, -0.25) is 29.3 Å². The van der Waals surface area contributed by atoms with Gasteiger partial charge in [-0.2, -0.15) is 0 Å². The van der Waals surface area contributed by atoms with Crippen LogP contribution in [0.15, 0.2) is 24.3 Å². The number of rotatable bonds is 8. The molecular weight excluding hydrogens is 490 g/mol. The van der Waals surface area contributed by atoms with Crippen molar-refractivity contribution in [2.45, 2.75) is 58.4 Å². The van der Waals surface area contributed by atoms with Crippen LogP contribution in [0.4, 0.5) is 10.5 Å². The summed E-state index contributed by atoms with van der Waals surface area (Å²) < 4.78 is 36.1. The molecule has 0 spiro atoms. The molecule has 1 saturated heterocycles. The van der Waals surface area contributed by atoms with Gasteiger partial charge in [0.2, 0.25) is 12.4 Å². The molecule has 15 nitrogen and oxygen atoms in total. The van der Waals surface area contributed by atoms with Crippen molar-refractivity contribution in [1.29, 1.82) is 0 Å². The lowest BCUT2D eigenvalue weighted by molar-refractivity contribution is -0.384. The maximum Gasteiger partial charge on any atom is 0.516 e. The van der Waals surface area contributed by atoms with Gasteiger partial charge in [0.05, 0.1) is 4.92 Å². The van der Waals surface area contributed by atoms with Gasteiger partial charge in [-0.05, 0) is 12.1 Å². The molecule has 1 aromatic rings. The van der Waals surface area contributed by atoms with Crippen LogP contribution in [0.3, 0.4) is 0 Å². The number of esters is 4. The number of nitrogens with zero attached hydrogens (tertiary/aromatic N) is 1. The number of nitro benzene ring substituents is 1. The van der Waals surface area contributed by atoms with Crippen molar-refractivity contribution in [2.75, 3.05) is 6.61 Å². The average molecular weight is 513 g/mol. The van der Waals surface area contributed by atoms with Gasteiger partial charge < -0.3 is 33.2 Å². The summed E-state index contributed by atoms with van der Waals surface area (Å²) in [6.45, 7) is 3.69. The Labute approximate surface area is 203 Å². The Bertz CT molecular complexity index is 1010. The number of hydrogen-bond donors (Lipinski definition) is 0. The van der Waals surface area contributed by atoms with Gasteiger partial charge in [0.15, 0.2) is 12.2 Å². The third kappa shape index (κ3) is 8.19. The molecule has 1 aliphatic heterocycles. The van der Waals surface area contributed by atoms with Crippen LogP contribution < -0.4 is 4.74 Å². The first-order chi connectivity index (χ1) is 16.9.